The SMILES string of the molecule is CN1CCCC1=O.CN1CCOCC1.Cn1ccnc1. The van der Waals surface area contributed by atoms with Gasteiger partial charge in [0.05, 0.1) is 19.5 Å². The largest absolute Gasteiger partial charge is 0.379 e. The molecule has 0 saturated carbocycles. The fourth-order valence-electron chi connectivity index (χ4n) is 1.76. The van der Waals surface area contributed by atoms with Crippen molar-refractivity contribution in [2.45, 2.75) is 12.8 Å². The Morgan fingerprint density at radius 1 is 1.15 bits per heavy atom. The number of nitrogens with zero attached hydrogens (tertiary/aromatic N) is 4. The van der Waals surface area contributed by atoms with Gasteiger partial charge in [-0.25, -0.2) is 4.98 Å². The minimum atomic E-state index is 0.292. The van der Waals surface area contributed by atoms with Gasteiger partial charge in [-0.2, -0.15) is 0 Å². The lowest BCUT2D eigenvalue weighted by Gasteiger charge is -2.21. The zero-order chi connectivity index (χ0) is 14.8. The van der Waals surface area contributed by atoms with E-state index in [4.69, 9.17) is 4.74 Å². The lowest BCUT2D eigenvalue weighted by molar-refractivity contribution is -0.126. The highest BCUT2D eigenvalue weighted by Gasteiger charge is 2.14. The first-order valence-electron chi connectivity index (χ1n) is 7.02. The van der Waals surface area contributed by atoms with Crippen LogP contribution in [0.2, 0.25) is 0 Å². The van der Waals surface area contributed by atoms with Crippen LogP contribution in [0.1, 0.15) is 12.8 Å². The fourth-order valence-corrected chi connectivity index (χ4v) is 1.76. The molecule has 3 rings (SSSR count). The lowest BCUT2D eigenvalue weighted by Crippen LogP contribution is -2.32. The average Bonchev–Trinajstić information content (AvgIpc) is 3.05. The van der Waals surface area contributed by atoms with Gasteiger partial charge in [-0.15, -0.1) is 0 Å². The van der Waals surface area contributed by atoms with E-state index in [0.29, 0.717) is 5.91 Å². The first kappa shape index (κ1) is 16.7. The molecule has 0 radical (unpaired) electrons. The quantitative estimate of drug-likeness (QED) is 0.699. The molecule has 2 fully saturated rings. The molecule has 2 saturated heterocycles. The van der Waals surface area contributed by atoms with E-state index >= 15 is 0 Å². The van der Waals surface area contributed by atoms with Gasteiger partial charge in [-0.3, -0.25) is 4.79 Å². The third-order valence-corrected chi connectivity index (χ3v) is 3.18. The van der Waals surface area contributed by atoms with Crippen LogP contribution in [0.5, 0.6) is 0 Å². The van der Waals surface area contributed by atoms with Gasteiger partial charge >= 0.3 is 0 Å². The van der Waals surface area contributed by atoms with Crippen molar-refractivity contribution in [3.8, 4) is 0 Å². The summed E-state index contributed by atoms with van der Waals surface area (Å²) in [6.07, 6.45) is 7.20. The Morgan fingerprint density at radius 2 is 1.85 bits per heavy atom. The summed E-state index contributed by atoms with van der Waals surface area (Å²) in [4.78, 5) is 18.3. The Bertz CT molecular complexity index is 361. The molecule has 1 amide bonds. The molecule has 20 heavy (non-hydrogen) atoms. The topological polar surface area (TPSA) is 50.6 Å². The van der Waals surface area contributed by atoms with E-state index in [2.05, 4.69) is 16.9 Å². The van der Waals surface area contributed by atoms with Crippen molar-refractivity contribution < 1.29 is 9.53 Å². The van der Waals surface area contributed by atoms with Crippen molar-refractivity contribution in [3.63, 3.8) is 0 Å². The number of imidazole rings is 1. The van der Waals surface area contributed by atoms with Crippen LogP contribution >= 0.6 is 0 Å². The second-order valence-corrected chi connectivity index (χ2v) is 5.06. The molecule has 0 atom stereocenters. The number of aromatic nitrogens is 2. The number of likely N-dealkylation sites (N-methyl/N-ethyl adjacent to an activating group) is 1. The van der Waals surface area contributed by atoms with E-state index in [1.54, 1.807) is 17.4 Å². The van der Waals surface area contributed by atoms with Crippen LogP contribution in [0.15, 0.2) is 18.7 Å². The third-order valence-electron chi connectivity index (χ3n) is 3.18. The Labute approximate surface area is 121 Å². The molecule has 6 nitrogen and oxygen atoms in total. The predicted octanol–water partition coefficient (Wildman–Crippen LogP) is 0.607. The smallest absolute Gasteiger partial charge is 0.222 e. The summed E-state index contributed by atoms with van der Waals surface area (Å²) in [6, 6.07) is 0. The van der Waals surface area contributed by atoms with E-state index in [-0.39, 0.29) is 0 Å². The highest BCUT2D eigenvalue weighted by atomic mass is 16.5. The van der Waals surface area contributed by atoms with Gasteiger partial charge in [0, 0.05) is 52.5 Å². The Balaban J connectivity index is 0.000000151. The number of carbonyl (C=O) groups is 1. The first-order chi connectivity index (χ1) is 9.59. The van der Waals surface area contributed by atoms with Gasteiger partial charge in [0.25, 0.3) is 0 Å². The van der Waals surface area contributed by atoms with E-state index in [0.717, 1.165) is 45.7 Å². The summed E-state index contributed by atoms with van der Waals surface area (Å²) in [5.74, 6) is 0.292. The van der Waals surface area contributed by atoms with Crippen molar-refractivity contribution in [2.75, 3.05) is 46.9 Å². The summed E-state index contributed by atoms with van der Waals surface area (Å²) < 4.78 is 6.99. The molecule has 0 aliphatic carbocycles. The lowest BCUT2D eigenvalue weighted by atomic mass is 10.4. The summed E-state index contributed by atoms with van der Waals surface area (Å²) in [7, 11) is 5.89. The maximum Gasteiger partial charge on any atom is 0.222 e. The fraction of sp³-hybridized carbons (Fsp3) is 0.714. The van der Waals surface area contributed by atoms with E-state index in [1.165, 1.54) is 0 Å². The van der Waals surface area contributed by atoms with Gasteiger partial charge < -0.3 is 19.1 Å². The summed E-state index contributed by atoms with van der Waals surface area (Å²) >= 11 is 0. The van der Waals surface area contributed by atoms with E-state index in [9.17, 15) is 4.79 Å². The van der Waals surface area contributed by atoms with Crippen LogP contribution in [-0.4, -0.2) is 72.2 Å². The highest BCUT2D eigenvalue weighted by molar-refractivity contribution is 5.77. The Morgan fingerprint density at radius 3 is 2.05 bits per heavy atom. The molecule has 1 aromatic rings. The number of likely N-dealkylation sites (tertiary alicyclic amines) is 1. The zero-order valence-corrected chi connectivity index (χ0v) is 12.8. The van der Waals surface area contributed by atoms with Gasteiger partial charge in [0.15, 0.2) is 0 Å². The van der Waals surface area contributed by atoms with Crippen LogP contribution in [0, 0.1) is 0 Å². The van der Waals surface area contributed by atoms with Crippen LogP contribution in [-0.2, 0) is 16.6 Å². The van der Waals surface area contributed by atoms with Gasteiger partial charge in [-0.05, 0) is 13.5 Å². The maximum absolute atomic E-state index is 10.5. The monoisotopic (exact) mass is 282 g/mol. The molecule has 3 heterocycles. The summed E-state index contributed by atoms with van der Waals surface area (Å²) in [6.45, 7) is 4.98. The molecule has 6 heteroatoms. The van der Waals surface area contributed by atoms with Crippen LogP contribution < -0.4 is 0 Å². The Hall–Kier alpha value is -1.40. The first-order valence-corrected chi connectivity index (χ1v) is 7.02. The van der Waals surface area contributed by atoms with Crippen LogP contribution in [0.4, 0.5) is 0 Å². The van der Waals surface area contributed by atoms with Gasteiger partial charge in [-0.1, -0.05) is 0 Å². The number of carbonyl (C=O) groups excluding carboxylic acids is 1. The molecular weight excluding hydrogens is 256 g/mol. The molecule has 2 aliphatic heterocycles. The van der Waals surface area contributed by atoms with Crippen molar-refractivity contribution in [2.24, 2.45) is 7.05 Å². The maximum atomic E-state index is 10.5. The van der Waals surface area contributed by atoms with E-state index < -0.39 is 0 Å². The minimum absolute atomic E-state index is 0.292. The van der Waals surface area contributed by atoms with Crippen molar-refractivity contribution in [1.29, 1.82) is 0 Å². The normalized spacial score (nSPS) is 18.9. The van der Waals surface area contributed by atoms with Gasteiger partial charge in [0.2, 0.25) is 5.91 Å². The minimum Gasteiger partial charge on any atom is -0.379 e. The van der Waals surface area contributed by atoms with Crippen LogP contribution in [0.25, 0.3) is 0 Å². The summed E-state index contributed by atoms with van der Waals surface area (Å²) in [5, 5.41) is 0. The molecule has 0 spiro atoms. The van der Waals surface area contributed by atoms with Gasteiger partial charge in [0.1, 0.15) is 0 Å². The average molecular weight is 282 g/mol. The van der Waals surface area contributed by atoms with Crippen LogP contribution in [0.3, 0.4) is 0 Å². The van der Waals surface area contributed by atoms with Crippen molar-refractivity contribution in [3.05, 3.63) is 18.7 Å². The zero-order valence-electron chi connectivity index (χ0n) is 12.8. The molecule has 0 aromatic carbocycles. The number of hydrogen-bond acceptors (Lipinski definition) is 4. The van der Waals surface area contributed by atoms with Crippen molar-refractivity contribution >= 4 is 5.91 Å². The molecule has 0 bridgehead atoms. The highest BCUT2D eigenvalue weighted by Crippen LogP contribution is 2.04. The summed E-state index contributed by atoms with van der Waals surface area (Å²) in [5.41, 5.74) is 0. The molecular formula is C14H26N4O2. The Kier molecular flexibility index (Phi) is 7.91. The van der Waals surface area contributed by atoms with E-state index in [1.807, 2.05) is 24.9 Å². The number of aryl methyl sites for hydroxylation is 1. The molecule has 0 unspecified atom stereocenters. The molecule has 0 N–H and O–H groups in total. The number of rotatable bonds is 0. The second kappa shape index (κ2) is 9.50. The number of ether oxygens (including phenoxy) is 1. The standard InChI is InChI=1S/C5H11NO.C5H9NO.C4H6N2/c1-6-2-4-7-5-3-6;1-6-4-2-3-5(6)7;1-6-3-2-5-4-6/h2-5H2,1H3;2-4H2,1H3;2-4H,1H3. The van der Waals surface area contributed by atoms with Crippen molar-refractivity contribution in [1.82, 2.24) is 19.4 Å². The predicted molar refractivity (Wildman–Crippen MR) is 78.4 cm³/mol. The second-order valence-electron chi connectivity index (χ2n) is 5.06. The number of amides is 1. The molecule has 2 aliphatic rings. The number of hydrogen-bond donors (Lipinski definition) is 0. The number of morpholine rings is 1. The molecule has 1 aromatic heterocycles. The third kappa shape index (κ3) is 7.25. The molecule has 114 valence electrons.